The van der Waals surface area contributed by atoms with Crippen LogP contribution in [0, 0.1) is 18.3 Å². The summed E-state index contributed by atoms with van der Waals surface area (Å²) in [5.41, 5.74) is 6.24. The van der Waals surface area contributed by atoms with Crippen LogP contribution in [-0.4, -0.2) is 59.4 Å². The lowest BCUT2D eigenvalue weighted by Crippen LogP contribution is -2.55. The van der Waals surface area contributed by atoms with Gasteiger partial charge in [-0.05, 0) is 114 Å². The van der Waals surface area contributed by atoms with Gasteiger partial charge in [0.05, 0.1) is 27.4 Å². The number of carbonyl (C=O) groups is 2. The number of thiazole rings is 1. The van der Waals surface area contributed by atoms with E-state index < -0.39 is 40.1 Å². The summed E-state index contributed by atoms with van der Waals surface area (Å²) >= 11 is 13.2. The molecule has 1 unspecified atom stereocenters. The van der Waals surface area contributed by atoms with Crippen molar-refractivity contribution < 1.29 is 37.3 Å². The number of nitrogens with zero attached hydrogens (tertiary/aromatic N) is 3. The van der Waals surface area contributed by atoms with Gasteiger partial charge < -0.3 is 30.0 Å². The maximum Gasteiger partial charge on any atom is 0.326 e. The van der Waals surface area contributed by atoms with Crippen molar-refractivity contribution in [2.24, 2.45) is 0 Å². The number of aryl methyl sites for hydroxylation is 1. The number of nitrogens with one attached hydrogen (secondary N) is 2. The van der Waals surface area contributed by atoms with Gasteiger partial charge in [0.1, 0.15) is 31.0 Å². The largest absolute Gasteiger partial charge is 0.489 e. The summed E-state index contributed by atoms with van der Waals surface area (Å²) in [6.45, 7) is 1.93. The fraction of sp³-hybridized carbons (Fsp3) is 0.280. The monoisotopic (exact) mass is 977 g/mol. The van der Waals surface area contributed by atoms with Crippen LogP contribution in [0.1, 0.15) is 70.9 Å². The first-order valence-electron chi connectivity index (χ1n) is 21.8. The molecule has 1 aliphatic carbocycles. The van der Waals surface area contributed by atoms with Crippen LogP contribution in [0.4, 0.5) is 5.13 Å². The lowest BCUT2D eigenvalue weighted by molar-refractivity contribution is -0.142. The fourth-order valence-electron chi connectivity index (χ4n) is 8.65. The second-order valence-corrected chi connectivity index (χ2v) is 20.8. The molecular formula is C50H45Cl2N5O8S2. The number of hydrogen-bond acceptors (Lipinski definition) is 11. The van der Waals surface area contributed by atoms with Gasteiger partial charge in [0.15, 0.2) is 26.9 Å². The molecule has 5 aromatic carbocycles. The number of ether oxygens (including phenoxy) is 3. The van der Waals surface area contributed by atoms with Gasteiger partial charge in [0.2, 0.25) is 5.91 Å². The standard InChI is InChI=1S/C50H45Cl2N5O8S2/c1-29-49(66-50(54-29)55-38-4-2-3-5-38)67(61,62)57-26-37-24-45-44(64-28-46(65-45)35-15-17-39(18-16-35)63-27-32-10-19-40(51)41(52)20-32)23-36(37)22-43(57)47(58)56-42(48(59)60)21-30-6-11-33(12-7-30)34-13-8-31(25-53)9-14-34/h6-20,23-24,38,42-43,46H,2-5,21-22,26-28H2,1H3,(H,54,55)(H,56,58)(H,59,60)/t42-,43?,46+/m0/s1. The smallest absolute Gasteiger partial charge is 0.326 e. The van der Waals surface area contributed by atoms with Crippen molar-refractivity contribution in [2.45, 2.75) is 87.0 Å². The molecule has 6 aromatic rings. The Morgan fingerprint density at radius 1 is 0.925 bits per heavy atom. The molecule has 0 bridgehead atoms. The number of hydrogen-bond donors (Lipinski definition) is 3. The SMILES string of the molecule is Cc1nc(NC2CCCC2)sc1S(=O)(=O)N1Cc2cc3c(cc2CC1C(=O)N[C@@H](Cc1ccc(-c2ccc(C#N)cc2)cc1)C(=O)O)OC[C@H](c1ccc(OCc2ccc(Cl)c(Cl)c2)cc1)O3. The molecule has 0 saturated heterocycles. The number of sulfonamides is 1. The predicted octanol–water partition coefficient (Wildman–Crippen LogP) is 9.67. The van der Waals surface area contributed by atoms with Crippen LogP contribution < -0.4 is 24.8 Å². The summed E-state index contributed by atoms with van der Waals surface area (Å²) in [4.78, 5) is 31.8. The van der Waals surface area contributed by atoms with Crippen LogP contribution in [0.3, 0.4) is 0 Å². The minimum Gasteiger partial charge on any atom is -0.489 e. The molecule has 1 amide bonds. The predicted molar refractivity (Wildman–Crippen MR) is 255 cm³/mol. The van der Waals surface area contributed by atoms with Crippen molar-refractivity contribution in [3.63, 3.8) is 0 Å². The zero-order chi connectivity index (χ0) is 46.8. The van der Waals surface area contributed by atoms with E-state index in [1.165, 1.54) is 0 Å². The number of carbonyl (C=O) groups excluding carboxylic acids is 1. The van der Waals surface area contributed by atoms with Crippen LogP contribution in [0.25, 0.3) is 11.1 Å². The van der Waals surface area contributed by atoms with Crippen LogP contribution in [0.2, 0.25) is 10.0 Å². The molecule has 3 aliphatic rings. The summed E-state index contributed by atoms with van der Waals surface area (Å²) in [5.74, 6) is -0.510. The molecule has 9 rings (SSSR count). The van der Waals surface area contributed by atoms with Gasteiger partial charge in [0, 0.05) is 19.0 Å². The molecule has 3 atom stereocenters. The highest BCUT2D eigenvalue weighted by Crippen LogP contribution is 2.43. The Hall–Kier alpha value is -6.15. The normalized spacial score (nSPS) is 17.5. The second-order valence-electron chi connectivity index (χ2n) is 16.9. The van der Waals surface area contributed by atoms with Gasteiger partial charge >= 0.3 is 5.97 Å². The number of aliphatic carboxylic acids is 1. The van der Waals surface area contributed by atoms with Gasteiger partial charge in [-0.25, -0.2) is 18.2 Å². The second kappa shape index (κ2) is 19.6. The van der Waals surface area contributed by atoms with Crippen LogP contribution in [0.15, 0.2) is 107 Å². The third kappa shape index (κ3) is 10.2. The molecular weight excluding hydrogens is 934 g/mol. The van der Waals surface area contributed by atoms with Gasteiger partial charge in [0.25, 0.3) is 10.0 Å². The maximum atomic E-state index is 14.9. The third-order valence-corrected chi connectivity index (χ3v) is 16.6. The molecule has 3 N–H and O–H groups in total. The number of rotatable bonds is 14. The van der Waals surface area contributed by atoms with E-state index in [9.17, 15) is 23.1 Å². The van der Waals surface area contributed by atoms with E-state index in [1.54, 1.807) is 55.5 Å². The molecule has 3 heterocycles. The Balaban J connectivity index is 0.952. The number of anilines is 1. The molecule has 0 radical (unpaired) electrons. The highest BCUT2D eigenvalue weighted by Gasteiger charge is 2.43. The van der Waals surface area contributed by atoms with Crippen LogP contribution in [-0.2, 0) is 45.6 Å². The summed E-state index contributed by atoms with van der Waals surface area (Å²) in [7, 11) is -4.37. The number of amides is 1. The summed E-state index contributed by atoms with van der Waals surface area (Å²) in [5, 5.41) is 27.0. The fourth-order valence-corrected chi connectivity index (χ4v) is 12.1. The van der Waals surface area contributed by atoms with Crippen molar-refractivity contribution >= 4 is 61.6 Å². The van der Waals surface area contributed by atoms with Crippen molar-refractivity contribution in [3.05, 3.63) is 152 Å². The Bertz CT molecular complexity index is 2970. The van der Waals surface area contributed by atoms with E-state index in [1.807, 2.05) is 54.6 Å². The topological polar surface area (TPSA) is 180 Å². The quantitative estimate of drug-likeness (QED) is 0.0946. The molecule has 13 nitrogen and oxygen atoms in total. The van der Waals surface area contributed by atoms with E-state index in [2.05, 4.69) is 21.7 Å². The summed E-state index contributed by atoms with van der Waals surface area (Å²) < 4.78 is 49.6. The molecule has 0 spiro atoms. The van der Waals surface area contributed by atoms with Crippen LogP contribution >= 0.6 is 34.5 Å². The number of benzene rings is 5. The first-order chi connectivity index (χ1) is 32.3. The number of aromatic nitrogens is 1. The molecule has 2 aliphatic heterocycles. The first kappa shape index (κ1) is 46.0. The van der Waals surface area contributed by atoms with E-state index in [-0.39, 0.29) is 36.2 Å². The lowest BCUT2D eigenvalue weighted by atomic mass is 9.94. The highest BCUT2D eigenvalue weighted by atomic mass is 35.5. The molecule has 67 heavy (non-hydrogen) atoms. The summed E-state index contributed by atoms with van der Waals surface area (Å²) in [6.07, 6.45) is 3.51. The Labute approximate surface area is 402 Å². The van der Waals surface area contributed by atoms with E-state index in [0.717, 1.165) is 63.6 Å². The molecule has 1 aromatic heterocycles. The minimum atomic E-state index is -4.37. The molecule has 17 heteroatoms. The Morgan fingerprint density at radius 3 is 2.30 bits per heavy atom. The molecule has 344 valence electrons. The van der Waals surface area contributed by atoms with Crippen molar-refractivity contribution in [2.75, 3.05) is 11.9 Å². The lowest BCUT2D eigenvalue weighted by Gasteiger charge is -2.36. The number of halogens is 2. The zero-order valence-corrected chi connectivity index (χ0v) is 39.4. The average Bonchev–Trinajstić information content (AvgIpc) is 4.00. The van der Waals surface area contributed by atoms with Gasteiger partial charge in [-0.3, -0.25) is 4.79 Å². The average molecular weight is 979 g/mol. The van der Waals surface area contributed by atoms with E-state index in [0.29, 0.717) is 67.0 Å². The van der Waals surface area contributed by atoms with Crippen molar-refractivity contribution in [1.29, 1.82) is 5.26 Å². The number of nitriles is 1. The Kier molecular flexibility index (Phi) is 13.4. The molecule has 1 saturated carbocycles. The maximum absolute atomic E-state index is 14.9. The first-order valence-corrected chi connectivity index (χ1v) is 24.8. The van der Waals surface area contributed by atoms with E-state index in [4.69, 9.17) is 42.7 Å². The Morgan fingerprint density at radius 2 is 1.61 bits per heavy atom. The van der Waals surface area contributed by atoms with Gasteiger partial charge in [-0.15, -0.1) is 0 Å². The highest BCUT2D eigenvalue weighted by molar-refractivity contribution is 7.91. The summed E-state index contributed by atoms with van der Waals surface area (Å²) in [6, 6.07) is 30.3. The zero-order valence-electron chi connectivity index (χ0n) is 36.2. The third-order valence-electron chi connectivity index (χ3n) is 12.3. The van der Waals surface area contributed by atoms with Crippen LogP contribution in [0.5, 0.6) is 17.2 Å². The van der Waals surface area contributed by atoms with Crippen molar-refractivity contribution in [3.8, 4) is 34.4 Å². The van der Waals surface area contributed by atoms with Gasteiger partial charge in [-0.1, -0.05) is 102 Å². The van der Waals surface area contributed by atoms with Gasteiger partial charge in [-0.2, -0.15) is 9.57 Å². The minimum absolute atomic E-state index is 0.00776. The number of carboxylic acid groups (broad SMARTS) is 1. The van der Waals surface area contributed by atoms with E-state index >= 15 is 0 Å². The van der Waals surface area contributed by atoms with Crippen molar-refractivity contribution in [1.82, 2.24) is 14.6 Å². The molecule has 1 fully saturated rings. The number of carboxylic acids is 1. The number of fused-ring (bicyclic) bond motifs is 2.